The van der Waals surface area contributed by atoms with Gasteiger partial charge in [0, 0.05) is 11.6 Å². The predicted octanol–water partition coefficient (Wildman–Crippen LogP) is 3.42. The summed E-state index contributed by atoms with van der Waals surface area (Å²) in [6, 6.07) is 3.20. The second-order valence-electron chi connectivity index (χ2n) is 5.06. The van der Waals surface area contributed by atoms with Gasteiger partial charge in [-0.25, -0.2) is 4.39 Å². The summed E-state index contributed by atoms with van der Waals surface area (Å²) in [5, 5.41) is 9.82. The maximum atomic E-state index is 13.6. The van der Waals surface area contributed by atoms with Gasteiger partial charge in [-0.3, -0.25) is 0 Å². The molecule has 1 aliphatic carbocycles. The minimum Gasteiger partial charge on any atom is -0.505 e. The number of phenolic OH excluding ortho intramolecular Hbond substituents is 1. The zero-order valence-corrected chi connectivity index (χ0v) is 10.2. The van der Waals surface area contributed by atoms with Crippen molar-refractivity contribution in [3.05, 3.63) is 29.1 Å². The molecule has 3 heteroatoms. The van der Waals surface area contributed by atoms with E-state index in [1.807, 2.05) is 0 Å². The SMILES string of the molecule is Cc1ccc([C@@H](N)C2CCCCC2)c(O)c1F. The Hall–Kier alpha value is -1.09. The summed E-state index contributed by atoms with van der Waals surface area (Å²) in [5.41, 5.74) is 7.18. The Kier molecular flexibility index (Phi) is 3.67. The van der Waals surface area contributed by atoms with Crippen molar-refractivity contribution in [2.24, 2.45) is 11.7 Å². The molecule has 0 radical (unpaired) electrons. The van der Waals surface area contributed by atoms with E-state index in [0.29, 0.717) is 17.0 Å². The van der Waals surface area contributed by atoms with Crippen LogP contribution in [0.2, 0.25) is 0 Å². The summed E-state index contributed by atoms with van der Waals surface area (Å²) < 4.78 is 13.6. The molecule has 0 heterocycles. The standard InChI is InChI=1S/C14H20FNO/c1-9-7-8-11(14(17)12(9)15)13(16)10-5-3-2-4-6-10/h7-8,10,13,17H,2-6,16H2,1H3/t13-/m0/s1. The zero-order valence-electron chi connectivity index (χ0n) is 10.2. The minimum atomic E-state index is -0.534. The van der Waals surface area contributed by atoms with Gasteiger partial charge in [0.25, 0.3) is 0 Å². The summed E-state index contributed by atoms with van der Waals surface area (Å²) in [4.78, 5) is 0. The maximum Gasteiger partial charge on any atom is 0.168 e. The van der Waals surface area contributed by atoms with E-state index in [-0.39, 0.29) is 11.8 Å². The van der Waals surface area contributed by atoms with E-state index < -0.39 is 5.82 Å². The third kappa shape index (κ3) is 2.44. The number of nitrogens with two attached hydrogens (primary N) is 1. The van der Waals surface area contributed by atoms with Crippen molar-refractivity contribution >= 4 is 0 Å². The number of phenols is 1. The highest BCUT2D eigenvalue weighted by molar-refractivity contribution is 5.40. The molecule has 0 aliphatic heterocycles. The largest absolute Gasteiger partial charge is 0.505 e. The topological polar surface area (TPSA) is 46.2 Å². The first-order valence-corrected chi connectivity index (χ1v) is 6.35. The fourth-order valence-electron chi connectivity index (χ4n) is 2.70. The summed E-state index contributed by atoms with van der Waals surface area (Å²) >= 11 is 0. The Morgan fingerprint density at radius 2 is 1.94 bits per heavy atom. The van der Waals surface area contributed by atoms with Crippen LogP contribution in [0.25, 0.3) is 0 Å². The number of hydrogen-bond acceptors (Lipinski definition) is 2. The van der Waals surface area contributed by atoms with Crippen LogP contribution < -0.4 is 5.73 Å². The van der Waals surface area contributed by atoms with Crippen LogP contribution in [0, 0.1) is 18.7 Å². The first-order valence-electron chi connectivity index (χ1n) is 6.35. The second kappa shape index (κ2) is 5.05. The Balaban J connectivity index is 2.24. The van der Waals surface area contributed by atoms with E-state index in [1.165, 1.54) is 19.3 Å². The van der Waals surface area contributed by atoms with Gasteiger partial charge in [0.15, 0.2) is 11.6 Å². The van der Waals surface area contributed by atoms with Gasteiger partial charge >= 0.3 is 0 Å². The van der Waals surface area contributed by atoms with E-state index in [1.54, 1.807) is 19.1 Å². The summed E-state index contributed by atoms with van der Waals surface area (Å²) in [5.74, 6) is -0.423. The van der Waals surface area contributed by atoms with Crippen LogP contribution in [0.1, 0.15) is 49.3 Å². The number of aromatic hydroxyl groups is 1. The van der Waals surface area contributed by atoms with Crippen molar-refractivity contribution in [3.63, 3.8) is 0 Å². The minimum absolute atomic E-state index is 0.245. The number of halogens is 1. The second-order valence-corrected chi connectivity index (χ2v) is 5.06. The van der Waals surface area contributed by atoms with Gasteiger partial charge in [0.2, 0.25) is 0 Å². The van der Waals surface area contributed by atoms with Crippen LogP contribution in [0.3, 0.4) is 0 Å². The monoisotopic (exact) mass is 237 g/mol. The van der Waals surface area contributed by atoms with Crippen molar-refractivity contribution in [2.75, 3.05) is 0 Å². The van der Waals surface area contributed by atoms with Crippen molar-refractivity contribution in [3.8, 4) is 5.75 Å². The van der Waals surface area contributed by atoms with Crippen LogP contribution in [0.15, 0.2) is 12.1 Å². The van der Waals surface area contributed by atoms with E-state index in [2.05, 4.69) is 0 Å². The Bertz CT molecular complexity index is 399. The molecule has 1 aliphatic rings. The molecule has 0 spiro atoms. The number of hydrogen-bond donors (Lipinski definition) is 2. The lowest BCUT2D eigenvalue weighted by Crippen LogP contribution is -2.23. The van der Waals surface area contributed by atoms with Crippen LogP contribution in [-0.4, -0.2) is 5.11 Å². The van der Waals surface area contributed by atoms with Crippen molar-refractivity contribution in [1.29, 1.82) is 0 Å². The molecule has 0 amide bonds. The maximum absolute atomic E-state index is 13.6. The molecule has 1 aromatic rings. The summed E-state index contributed by atoms with van der Waals surface area (Å²) in [6.07, 6.45) is 5.80. The Morgan fingerprint density at radius 1 is 1.29 bits per heavy atom. The van der Waals surface area contributed by atoms with Crippen molar-refractivity contribution in [1.82, 2.24) is 0 Å². The Morgan fingerprint density at radius 3 is 2.59 bits per heavy atom. The lowest BCUT2D eigenvalue weighted by Gasteiger charge is -2.28. The van der Waals surface area contributed by atoms with Crippen LogP contribution in [0.4, 0.5) is 4.39 Å². The molecule has 1 saturated carbocycles. The molecule has 1 fully saturated rings. The van der Waals surface area contributed by atoms with E-state index in [0.717, 1.165) is 12.8 Å². The molecule has 0 bridgehead atoms. The molecule has 2 nitrogen and oxygen atoms in total. The van der Waals surface area contributed by atoms with E-state index in [4.69, 9.17) is 5.73 Å². The first-order chi connectivity index (χ1) is 8.11. The van der Waals surface area contributed by atoms with Crippen molar-refractivity contribution < 1.29 is 9.50 Å². The third-order valence-corrected chi connectivity index (χ3v) is 3.86. The normalized spacial score (nSPS) is 19.2. The molecule has 3 N–H and O–H groups in total. The Labute approximate surface area is 102 Å². The molecule has 1 aromatic carbocycles. The number of aryl methyl sites for hydroxylation is 1. The third-order valence-electron chi connectivity index (χ3n) is 3.86. The zero-order chi connectivity index (χ0) is 12.4. The lowest BCUT2D eigenvalue weighted by molar-refractivity contribution is 0.300. The highest BCUT2D eigenvalue weighted by atomic mass is 19.1. The summed E-state index contributed by atoms with van der Waals surface area (Å²) in [7, 11) is 0. The smallest absolute Gasteiger partial charge is 0.168 e. The van der Waals surface area contributed by atoms with Gasteiger partial charge in [-0.2, -0.15) is 0 Å². The van der Waals surface area contributed by atoms with Crippen LogP contribution in [-0.2, 0) is 0 Å². The van der Waals surface area contributed by atoms with Crippen molar-refractivity contribution in [2.45, 2.75) is 45.1 Å². The molecule has 0 saturated heterocycles. The molecule has 1 atom stereocenters. The first kappa shape index (κ1) is 12.4. The van der Waals surface area contributed by atoms with Gasteiger partial charge in [0.1, 0.15) is 0 Å². The van der Waals surface area contributed by atoms with Gasteiger partial charge in [-0.05, 0) is 31.2 Å². The van der Waals surface area contributed by atoms with Gasteiger partial charge in [-0.15, -0.1) is 0 Å². The van der Waals surface area contributed by atoms with Gasteiger partial charge < -0.3 is 10.8 Å². The fraction of sp³-hybridized carbons (Fsp3) is 0.571. The number of benzene rings is 1. The molecule has 94 valence electrons. The van der Waals surface area contributed by atoms with Gasteiger partial charge in [-0.1, -0.05) is 31.4 Å². The molecular formula is C14H20FNO. The summed E-state index contributed by atoms with van der Waals surface area (Å²) in [6.45, 7) is 1.64. The molecule has 17 heavy (non-hydrogen) atoms. The van der Waals surface area contributed by atoms with Gasteiger partial charge in [0.05, 0.1) is 0 Å². The van der Waals surface area contributed by atoms with E-state index >= 15 is 0 Å². The highest BCUT2D eigenvalue weighted by Crippen LogP contribution is 2.37. The predicted molar refractivity (Wildman–Crippen MR) is 66.3 cm³/mol. The fourth-order valence-corrected chi connectivity index (χ4v) is 2.70. The average molecular weight is 237 g/mol. The lowest BCUT2D eigenvalue weighted by atomic mass is 9.81. The average Bonchev–Trinajstić information content (AvgIpc) is 2.36. The highest BCUT2D eigenvalue weighted by Gasteiger charge is 2.25. The quantitative estimate of drug-likeness (QED) is 0.827. The van der Waals surface area contributed by atoms with Crippen LogP contribution in [0.5, 0.6) is 5.75 Å². The molecule has 0 unspecified atom stereocenters. The molecule has 2 rings (SSSR count). The molecular weight excluding hydrogens is 217 g/mol. The molecule has 0 aromatic heterocycles. The van der Waals surface area contributed by atoms with E-state index in [9.17, 15) is 9.50 Å². The van der Waals surface area contributed by atoms with Crippen LogP contribution >= 0.6 is 0 Å². The number of rotatable bonds is 2.